The van der Waals surface area contributed by atoms with E-state index >= 15 is 0 Å². The minimum atomic E-state index is -0.790. The number of methoxy groups -OCH3 is 1. The number of halogens is 1. The number of barbiturate groups is 1. The summed E-state index contributed by atoms with van der Waals surface area (Å²) in [6.07, 6.45) is 2.18. The number of imide groups is 2. The van der Waals surface area contributed by atoms with Gasteiger partial charge in [0.25, 0.3) is 11.8 Å². The molecule has 4 amide bonds. The van der Waals surface area contributed by atoms with E-state index in [1.54, 1.807) is 30.3 Å². The maximum atomic E-state index is 13.3. The second-order valence-electron chi connectivity index (χ2n) is 8.17. The molecule has 0 saturated carbocycles. The van der Waals surface area contributed by atoms with Crippen LogP contribution in [0.15, 0.2) is 70.7 Å². The molecule has 0 spiro atoms. The summed E-state index contributed by atoms with van der Waals surface area (Å²) in [6, 6.07) is 17.8. The number of ether oxygens (including phenoxy) is 1. The molecular formula is C27H23BrN2O4. The third-order valence-corrected chi connectivity index (χ3v) is 6.01. The third kappa shape index (κ3) is 4.94. The van der Waals surface area contributed by atoms with Crippen molar-refractivity contribution in [1.82, 2.24) is 5.32 Å². The van der Waals surface area contributed by atoms with Crippen molar-refractivity contribution in [2.45, 2.75) is 20.3 Å². The number of hydrogen-bond donors (Lipinski definition) is 1. The van der Waals surface area contributed by atoms with Crippen molar-refractivity contribution in [2.24, 2.45) is 0 Å². The van der Waals surface area contributed by atoms with E-state index in [-0.39, 0.29) is 5.57 Å². The first kappa shape index (κ1) is 23.4. The van der Waals surface area contributed by atoms with Crippen molar-refractivity contribution < 1.29 is 19.1 Å². The van der Waals surface area contributed by atoms with Crippen LogP contribution in [0.3, 0.4) is 0 Å². The Balaban J connectivity index is 1.73. The smallest absolute Gasteiger partial charge is 0.335 e. The zero-order valence-electron chi connectivity index (χ0n) is 19.0. The van der Waals surface area contributed by atoms with Gasteiger partial charge in [0.05, 0.1) is 12.8 Å². The molecule has 1 heterocycles. The number of anilines is 1. The average molecular weight is 519 g/mol. The summed E-state index contributed by atoms with van der Waals surface area (Å²) in [6.45, 7) is 4.10. The van der Waals surface area contributed by atoms with Crippen molar-refractivity contribution in [2.75, 3.05) is 12.0 Å². The molecule has 0 bridgehead atoms. The van der Waals surface area contributed by atoms with E-state index in [1.807, 2.05) is 18.2 Å². The second-order valence-corrected chi connectivity index (χ2v) is 9.09. The van der Waals surface area contributed by atoms with Gasteiger partial charge in [0.15, 0.2) is 0 Å². The van der Waals surface area contributed by atoms with Gasteiger partial charge in [-0.3, -0.25) is 14.9 Å². The molecule has 0 atom stereocenters. The molecule has 1 aliphatic heterocycles. The Labute approximate surface area is 206 Å². The van der Waals surface area contributed by atoms with Crippen LogP contribution in [-0.4, -0.2) is 25.0 Å². The number of carbonyl (C=O) groups excluding carboxylic acids is 3. The molecule has 3 aromatic carbocycles. The maximum absolute atomic E-state index is 13.3. The SMILES string of the molecule is COc1ccc(N2C(=O)NC(=O)/C(=C\c3cc(Br)ccc3Cc3cc(C)cc(C)c3)C2=O)cc1. The average Bonchev–Trinajstić information content (AvgIpc) is 2.78. The quantitative estimate of drug-likeness (QED) is 0.365. The van der Waals surface area contributed by atoms with Gasteiger partial charge in [-0.1, -0.05) is 51.3 Å². The van der Waals surface area contributed by atoms with Crippen LogP contribution in [0.5, 0.6) is 5.75 Å². The zero-order valence-corrected chi connectivity index (χ0v) is 20.6. The van der Waals surface area contributed by atoms with Crippen LogP contribution in [0.1, 0.15) is 27.8 Å². The van der Waals surface area contributed by atoms with E-state index in [0.717, 1.165) is 26.1 Å². The topological polar surface area (TPSA) is 75.7 Å². The zero-order chi connectivity index (χ0) is 24.4. The van der Waals surface area contributed by atoms with Gasteiger partial charge in [-0.15, -0.1) is 0 Å². The van der Waals surface area contributed by atoms with Crippen LogP contribution in [-0.2, 0) is 16.0 Å². The Bertz CT molecular complexity index is 1310. The van der Waals surface area contributed by atoms with Gasteiger partial charge in [-0.05, 0) is 79.4 Å². The van der Waals surface area contributed by atoms with Crippen molar-refractivity contribution in [3.8, 4) is 5.75 Å². The first-order valence-corrected chi connectivity index (χ1v) is 11.5. The molecule has 0 radical (unpaired) electrons. The van der Waals surface area contributed by atoms with Crippen LogP contribution in [0.25, 0.3) is 6.08 Å². The third-order valence-electron chi connectivity index (χ3n) is 5.52. The monoisotopic (exact) mass is 518 g/mol. The summed E-state index contributed by atoms with van der Waals surface area (Å²) in [5.74, 6) is -0.820. The first-order chi connectivity index (χ1) is 16.2. The van der Waals surface area contributed by atoms with Gasteiger partial charge in [-0.25, -0.2) is 9.69 Å². The second kappa shape index (κ2) is 9.65. The predicted molar refractivity (Wildman–Crippen MR) is 135 cm³/mol. The van der Waals surface area contributed by atoms with E-state index in [0.29, 0.717) is 17.9 Å². The minimum Gasteiger partial charge on any atom is -0.497 e. The Morgan fingerprint density at radius 3 is 2.26 bits per heavy atom. The normalized spacial score (nSPS) is 15.0. The van der Waals surface area contributed by atoms with Gasteiger partial charge >= 0.3 is 6.03 Å². The van der Waals surface area contributed by atoms with Crippen LogP contribution in [0.4, 0.5) is 10.5 Å². The largest absolute Gasteiger partial charge is 0.497 e. The molecule has 1 fully saturated rings. The molecular weight excluding hydrogens is 496 g/mol. The fourth-order valence-electron chi connectivity index (χ4n) is 4.03. The van der Waals surface area contributed by atoms with Crippen LogP contribution in [0, 0.1) is 13.8 Å². The number of amides is 4. The summed E-state index contributed by atoms with van der Waals surface area (Å²) < 4.78 is 5.96. The summed E-state index contributed by atoms with van der Waals surface area (Å²) in [5.41, 5.74) is 5.37. The number of hydrogen-bond acceptors (Lipinski definition) is 4. The number of rotatable bonds is 5. The van der Waals surface area contributed by atoms with E-state index in [4.69, 9.17) is 4.74 Å². The van der Waals surface area contributed by atoms with Crippen molar-refractivity contribution in [1.29, 1.82) is 0 Å². The number of benzene rings is 3. The molecule has 1 N–H and O–H groups in total. The Morgan fingerprint density at radius 2 is 1.62 bits per heavy atom. The summed E-state index contributed by atoms with van der Waals surface area (Å²) in [7, 11) is 1.53. The van der Waals surface area contributed by atoms with Crippen molar-refractivity contribution in [3.05, 3.63) is 98.5 Å². The Kier molecular flexibility index (Phi) is 6.65. The van der Waals surface area contributed by atoms with Crippen LogP contribution < -0.4 is 15.0 Å². The molecule has 34 heavy (non-hydrogen) atoms. The lowest BCUT2D eigenvalue weighted by atomic mass is 9.95. The predicted octanol–water partition coefficient (Wildman–Crippen LogP) is 5.33. The Morgan fingerprint density at radius 1 is 0.941 bits per heavy atom. The molecule has 0 aromatic heterocycles. The summed E-state index contributed by atoms with van der Waals surface area (Å²) >= 11 is 3.48. The van der Waals surface area contributed by atoms with Gasteiger partial charge in [0, 0.05) is 4.47 Å². The lowest BCUT2D eigenvalue weighted by molar-refractivity contribution is -0.122. The number of carbonyl (C=O) groups is 3. The summed E-state index contributed by atoms with van der Waals surface area (Å²) in [4.78, 5) is 39.4. The highest BCUT2D eigenvalue weighted by Crippen LogP contribution is 2.27. The number of nitrogens with one attached hydrogen (secondary N) is 1. The highest BCUT2D eigenvalue weighted by molar-refractivity contribution is 9.10. The lowest BCUT2D eigenvalue weighted by Gasteiger charge is -2.26. The minimum absolute atomic E-state index is 0.116. The van der Waals surface area contributed by atoms with E-state index < -0.39 is 17.8 Å². The maximum Gasteiger partial charge on any atom is 0.335 e. The molecule has 1 saturated heterocycles. The number of urea groups is 1. The Hall–Kier alpha value is -3.71. The molecule has 1 aliphatic rings. The standard InChI is InChI=1S/C27H23BrN2O4/c1-16-10-17(2)12-18(11-16)13-19-4-5-21(28)14-20(19)15-24-25(31)29-27(33)30(26(24)32)22-6-8-23(34-3)9-7-22/h4-12,14-15H,13H2,1-3H3,(H,29,31,33)/b24-15+. The first-order valence-electron chi connectivity index (χ1n) is 10.7. The number of aryl methyl sites for hydroxylation is 2. The molecule has 6 nitrogen and oxygen atoms in total. The van der Waals surface area contributed by atoms with Crippen LogP contribution >= 0.6 is 15.9 Å². The van der Waals surface area contributed by atoms with E-state index in [1.165, 1.54) is 18.2 Å². The van der Waals surface area contributed by atoms with Gasteiger partial charge in [0.2, 0.25) is 0 Å². The molecule has 7 heteroatoms. The van der Waals surface area contributed by atoms with Gasteiger partial charge < -0.3 is 4.74 Å². The highest BCUT2D eigenvalue weighted by atomic mass is 79.9. The molecule has 0 aliphatic carbocycles. The van der Waals surface area contributed by atoms with E-state index in [9.17, 15) is 14.4 Å². The van der Waals surface area contributed by atoms with E-state index in [2.05, 4.69) is 53.3 Å². The summed E-state index contributed by atoms with van der Waals surface area (Å²) in [5, 5.41) is 2.27. The van der Waals surface area contributed by atoms with Gasteiger partial charge in [0.1, 0.15) is 11.3 Å². The number of nitrogens with zero attached hydrogens (tertiary/aromatic N) is 1. The highest BCUT2D eigenvalue weighted by Gasteiger charge is 2.37. The fraction of sp³-hybridized carbons (Fsp3) is 0.148. The van der Waals surface area contributed by atoms with Crippen molar-refractivity contribution in [3.63, 3.8) is 0 Å². The molecule has 4 rings (SSSR count). The van der Waals surface area contributed by atoms with Crippen molar-refractivity contribution >= 4 is 45.5 Å². The molecule has 0 unspecified atom stereocenters. The molecule has 172 valence electrons. The van der Waals surface area contributed by atoms with Crippen LogP contribution in [0.2, 0.25) is 0 Å². The molecule has 3 aromatic rings. The fourth-order valence-corrected chi connectivity index (χ4v) is 4.41. The lowest BCUT2D eigenvalue weighted by Crippen LogP contribution is -2.54. The van der Waals surface area contributed by atoms with Gasteiger partial charge in [-0.2, -0.15) is 0 Å².